The summed E-state index contributed by atoms with van der Waals surface area (Å²) in [6.07, 6.45) is 3.80. The molecule has 0 heterocycles. The standard InChI is InChI=1S/C16H26.C13H20.C10H20.C8H6F4.C8H16.C7H14.C6H14.2C5H6F6.C4H7F3.C4H10.C3H8.F2/c1-10(2)14-8-15(11(3)4)13(7)16(9-14)12(5)6;1-9(2)12-7-6-8-13(10(3)4)11(12)5;1-4-9-5-7-10(2,3)8-6-9;1-3-5(9)7(11)4(2)8(12)6(3)10;1-2-8-6-4-3-5-7-8;1-2-7-5-3-4-6-7;1-5-6(2,3)4;2*1-3(2,4(6,7)8)5(9,10)11;1-3(2)4(5,6)7;1-3-4-2;1-3-2;1-2/h8-12H,1-7H3;6-10H,1-5H3;9H,4-8H2,1-3H3;1-2H3;8H,2-7H2,1H3;7H,2-6H2,1H3;5H2,1-4H3;2*1-2H3;3H,1-2H3;3-4H2,1-2H3;3H2,1-2H3;. The van der Waals surface area contributed by atoms with E-state index in [1.54, 1.807) is 0 Å². The van der Waals surface area contributed by atoms with Gasteiger partial charge in [0, 0.05) is 26.2 Å². The van der Waals surface area contributed by atoms with Crippen molar-refractivity contribution in [2.45, 2.75) is 417 Å². The van der Waals surface area contributed by atoms with Crippen LogP contribution in [0.3, 0.4) is 0 Å². The number of hydrogen-bond donors (Lipinski definition) is 0. The first-order chi connectivity index (χ1) is 49.7. The topological polar surface area (TPSA) is 0 Å². The number of unbranched alkanes of at least 4 members (excludes halogenated alkanes) is 1. The molecule has 0 nitrogen and oxygen atoms in total. The summed E-state index contributed by atoms with van der Waals surface area (Å²) in [4.78, 5) is 0. The van der Waals surface area contributed by atoms with E-state index in [4.69, 9.17) is 9.15 Å². The highest BCUT2D eigenvalue weighted by Gasteiger charge is 2.65. The van der Waals surface area contributed by atoms with Gasteiger partial charge < -0.3 is 0 Å². The summed E-state index contributed by atoms with van der Waals surface area (Å²) in [6.45, 7) is 61.2. The fraction of sp³-hybridized carbons (Fsp3) is 0.798. The van der Waals surface area contributed by atoms with E-state index in [-0.39, 0.29) is 27.7 Å². The van der Waals surface area contributed by atoms with Crippen molar-refractivity contribution in [1.82, 2.24) is 0 Å². The number of hydrogen-bond acceptors (Lipinski definition) is 0. The van der Waals surface area contributed by atoms with E-state index in [0.717, 1.165) is 45.4 Å². The van der Waals surface area contributed by atoms with E-state index < -0.39 is 82.0 Å². The molecular weight excluding hydrogens is 1470 g/mol. The molecule has 3 saturated carbocycles. The Balaban J connectivity index is -0.000000214. The Morgan fingerprint density at radius 3 is 0.745 bits per heavy atom. The molecule has 0 atom stereocenters. The molecule has 3 aromatic carbocycles. The van der Waals surface area contributed by atoms with Crippen LogP contribution in [0.25, 0.3) is 0 Å². The van der Waals surface area contributed by atoms with Gasteiger partial charge in [0.05, 0.1) is 0 Å². The van der Waals surface area contributed by atoms with Crippen molar-refractivity contribution in [3.63, 3.8) is 0 Å². The van der Waals surface area contributed by atoms with E-state index in [9.17, 15) is 83.4 Å². The van der Waals surface area contributed by atoms with Gasteiger partial charge in [0.1, 0.15) is 0 Å². The number of halogens is 21. The largest absolute Gasteiger partial charge is 0.402 e. The highest BCUT2D eigenvalue weighted by atomic mass is 20.0. The van der Waals surface area contributed by atoms with Gasteiger partial charge in [-0.2, -0.15) is 65.9 Å². The quantitative estimate of drug-likeness (QED) is 0.148. The van der Waals surface area contributed by atoms with E-state index in [1.807, 2.05) is 0 Å². The smallest absolute Gasteiger partial charge is 0.203 e. The maximum Gasteiger partial charge on any atom is 0.402 e. The second-order valence-electron chi connectivity index (χ2n) is 34.2. The summed E-state index contributed by atoms with van der Waals surface area (Å²) in [5.74, 6) is -0.139. The molecule has 6 rings (SSSR count). The molecule has 3 fully saturated rings. The second kappa shape index (κ2) is 57.3. The molecule has 3 aliphatic carbocycles. The molecule has 3 aliphatic rings. The summed E-state index contributed by atoms with van der Waals surface area (Å²) < 4.78 is 239. The summed E-state index contributed by atoms with van der Waals surface area (Å²) in [6, 6.07) is 11.5. The predicted molar refractivity (Wildman–Crippen MR) is 425 cm³/mol. The molecule has 0 amide bonds. The number of benzene rings is 3. The summed E-state index contributed by atoms with van der Waals surface area (Å²) in [5, 5.41) is 0. The normalized spacial score (nSPS) is 14.9. The Hall–Kier alpha value is -3.81. The molecular formula is C89H153F21. The van der Waals surface area contributed by atoms with Gasteiger partial charge in [-0.05, 0) is 178 Å². The van der Waals surface area contributed by atoms with Crippen LogP contribution in [0.5, 0.6) is 0 Å². The first-order valence-corrected chi connectivity index (χ1v) is 40.2. The van der Waals surface area contributed by atoms with Crippen LogP contribution in [0.2, 0.25) is 0 Å². The van der Waals surface area contributed by atoms with Crippen molar-refractivity contribution in [2.75, 3.05) is 0 Å². The average molecular weight is 1620 g/mol. The minimum absolute atomic E-state index is 0.104. The monoisotopic (exact) mass is 1620 g/mol. The van der Waals surface area contributed by atoms with E-state index in [2.05, 4.69) is 203 Å². The van der Waals surface area contributed by atoms with Crippen LogP contribution >= 0.6 is 0 Å². The lowest BCUT2D eigenvalue weighted by atomic mass is 9.72. The van der Waals surface area contributed by atoms with Crippen LogP contribution < -0.4 is 0 Å². The lowest BCUT2D eigenvalue weighted by molar-refractivity contribution is -0.328. The van der Waals surface area contributed by atoms with Gasteiger partial charge in [0.15, 0.2) is 34.1 Å². The van der Waals surface area contributed by atoms with E-state index in [0.29, 0.717) is 40.4 Å². The third-order valence-corrected chi connectivity index (χ3v) is 20.2. The third-order valence-electron chi connectivity index (χ3n) is 20.2. The van der Waals surface area contributed by atoms with Crippen LogP contribution in [-0.4, -0.2) is 30.9 Å². The van der Waals surface area contributed by atoms with Crippen molar-refractivity contribution in [3.05, 3.63) is 104 Å². The lowest BCUT2D eigenvalue weighted by Crippen LogP contribution is -2.44. The van der Waals surface area contributed by atoms with Gasteiger partial charge in [-0.3, -0.25) is 0 Å². The molecule has 3 aromatic rings. The maximum atomic E-state index is 12.7. The van der Waals surface area contributed by atoms with Gasteiger partial charge in [0.25, 0.3) is 0 Å². The molecule has 110 heavy (non-hydrogen) atoms. The fourth-order valence-electron chi connectivity index (χ4n) is 10.3. The molecule has 0 saturated heterocycles. The zero-order valence-electron chi connectivity index (χ0n) is 74.2. The van der Waals surface area contributed by atoms with Crippen LogP contribution in [-0.2, 0) is 0 Å². The Bertz CT molecular complexity index is 2510. The van der Waals surface area contributed by atoms with Crippen molar-refractivity contribution < 1.29 is 92.6 Å². The zero-order chi connectivity index (χ0) is 88.9. The first kappa shape index (κ1) is 119. The van der Waals surface area contributed by atoms with Gasteiger partial charge in [-0.25, -0.2) is 17.6 Å². The Labute approximate surface area is 656 Å². The van der Waals surface area contributed by atoms with Gasteiger partial charge in [-0.15, -0.1) is 0 Å². The van der Waals surface area contributed by atoms with Crippen LogP contribution in [0, 0.1) is 96.3 Å². The highest BCUT2D eigenvalue weighted by Crippen LogP contribution is 2.51. The molecule has 0 aromatic heterocycles. The predicted octanol–water partition coefficient (Wildman–Crippen LogP) is 36.6. The summed E-state index contributed by atoms with van der Waals surface area (Å²) >= 11 is 0. The molecule has 0 radical (unpaired) electrons. The first-order valence-electron chi connectivity index (χ1n) is 40.2. The second-order valence-corrected chi connectivity index (χ2v) is 34.2. The molecule has 0 aliphatic heterocycles. The number of rotatable bonds is 9. The molecule has 0 N–H and O–H groups in total. The van der Waals surface area contributed by atoms with Crippen LogP contribution in [0.4, 0.5) is 92.6 Å². The number of alkyl halides is 15. The maximum absolute atomic E-state index is 12.7. The molecule has 21 heteroatoms. The van der Waals surface area contributed by atoms with E-state index in [1.165, 1.54) is 167 Å². The van der Waals surface area contributed by atoms with Gasteiger partial charge >= 0.3 is 30.9 Å². The van der Waals surface area contributed by atoms with Crippen molar-refractivity contribution in [2.24, 2.45) is 45.3 Å². The Morgan fingerprint density at radius 2 is 0.582 bits per heavy atom. The van der Waals surface area contributed by atoms with Gasteiger partial charge in [-0.1, -0.05) is 306 Å². The minimum atomic E-state index is -5.24. The van der Waals surface area contributed by atoms with Crippen LogP contribution in [0.1, 0.15) is 409 Å². The molecule has 0 bridgehead atoms. The van der Waals surface area contributed by atoms with Gasteiger partial charge in [0.2, 0.25) is 0 Å². The average Bonchev–Trinajstić information content (AvgIpc) is 0.880. The summed E-state index contributed by atoms with van der Waals surface area (Å²) in [7, 11) is 0. The Morgan fingerprint density at radius 1 is 0.364 bits per heavy atom. The zero-order valence-corrected chi connectivity index (χ0v) is 74.2. The van der Waals surface area contributed by atoms with Crippen molar-refractivity contribution in [3.8, 4) is 0 Å². The minimum Gasteiger partial charge on any atom is -0.203 e. The molecule has 656 valence electrons. The van der Waals surface area contributed by atoms with E-state index >= 15 is 0 Å². The Kier molecular flexibility index (Phi) is 62.2. The molecule has 0 unspecified atom stereocenters. The molecule has 0 spiro atoms. The van der Waals surface area contributed by atoms with Crippen LogP contribution in [0.15, 0.2) is 30.3 Å². The fourth-order valence-corrected chi connectivity index (χ4v) is 10.3. The summed E-state index contributed by atoms with van der Waals surface area (Å²) in [5.41, 5.74) is 3.18. The highest BCUT2D eigenvalue weighted by molar-refractivity contribution is 5.43. The van der Waals surface area contributed by atoms with Crippen molar-refractivity contribution >= 4 is 0 Å². The third kappa shape index (κ3) is 49.8. The lowest BCUT2D eigenvalue weighted by Gasteiger charge is -2.33. The van der Waals surface area contributed by atoms with Crippen molar-refractivity contribution in [1.29, 1.82) is 0 Å². The SMILES string of the molecule is CC(C)(C(F)(F)F)C(F)(F)F.CC(C)(C(F)(F)F)C(F)(F)F.CC(C)C(F)(F)F.CCC.CCC(C)(C)C.CCC1CCC(C)(C)CC1.CCC1CCCC1.CCC1CCCCC1.CCCC.Cc1c(C(C)C)cc(C(C)C)cc1C(C)C.Cc1c(C(C)C)cccc1C(C)C.Cc1c(F)c(F)c(C)c(F)c1F.FF.